The van der Waals surface area contributed by atoms with E-state index in [0.29, 0.717) is 10.7 Å². The van der Waals surface area contributed by atoms with E-state index in [1.807, 2.05) is 0 Å². The lowest BCUT2D eigenvalue weighted by molar-refractivity contribution is -0.116. The van der Waals surface area contributed by atoms with Crippen LogP contribution in [0, 0.1) is 0 Å². The Labute approximate surface area is 144 Å². The molecule has 0 saturated heterocycles. The number of nitrogens with zero attached hydrogens (tertiary/aromatic N) is 1. The van der Waals surface area contributed by atoms with Gasteiger partial charge in [-0.15, -0.1) is 0 Å². The molecule has 6 nitrogen and oxygen atoms in total. The summed E-state index contributed by atoms with van der Waals surface area (Å²) in [6.07, 6.45) is -0.147. The number of halogens is 1. The topological polar surface area (TPSA) is 83.6 Å². The van der Waals surface area contributed by atoms with Crippen LogP contribution in [-0.4, -0.2) is 31.1 Å². The van der Waals surface area contributed by atoms with Gasteiger partial charge in [-0.25, -0.2) is 12.7 Å². The number of amides is 2. The largest absolute Gasteiger partial charge is 0.326 e. The Hall–Kier alpha value is -2.38. The molecule has 1 heterocycles. The number of carbonyl (C=O) groups excluding carboxylic acids is 2. The van der Waals surface area contributed by atoms with Crippen molar-refractivity contribution in [2.45, 2.75) is 11.3 Å². The molecule has 0 aromatic heterocycles. The van der Waals surface area contributed by atoms with Crippen molar-refractivity contribution in [3.05, 3.63) is 59.1 Å². The second kappa shape index (κ2) is 6.26. The van der Waals surface area contributed by atoms with Gasteiger partial charge in [-0.05, 0) is 30.3 Å². The SMILES string of the molecule is O=C(CCN1C(=O)c2ccccc2S1(=O)=O)Nc1cccc(Cl)c1. The number of benzene rings is 2. The molecule has 0 unspecified atom stereocenters. The summed E-state index contributed by atoms with van der Waals surface area (Å²) in [4.78, 5) is 24.2. The van der Waals surface area contributed by atoms with Gasteiger partial charge in [0.2, 0.25) is 5.91 Å². The van der Waals surface area contributed by atoms with Crippen LogP contribution in [0.3, 0.4) is 0 Å². The standard InChI is InChI=1S/C16H13ClN2O4S/c17-11-4-3-5-12(10-11)18-15(20)8-9-19-16(21)13-6-1-2-7-14(13)24(19,22)23/h1-7,10H,8-9H2,(H,18,20). The Kier molecular flexibility index (Phi) is 4.29. The molecule has 2 amide bonds. The van der Waals surface area contributed by atoms with E-state index in [-0.39, 0.29) is 23.4 Å². The molecule has 2 aromatic carbocycles. The van der Waals surface area contributed by atoms with E-state index in [4.69, 9.17) is 11.6 Å². The number of hydrogen-bond donors (Lipinski definition) is 1. The van der Waals surface area contributed by atoms with Gasteiger partial charge in [0.05, 0.1) is 5.56 Å². The lowest BCUT2D eigenvalue weighted by Crippen LogP contribution is -2.33. The van der Waals surface area contributed by atoms with Gasteiger partial charge in [0.1, 0.15) is 4.90 Å². The van der Waals surface area contributed by atoms with E-state index < -0.39 is 21.8 Å². The molecule has 8 heteroatoms. The first-order chi connectivity index (χ1) is 11.4. The Morgan fingerprint density at radius 2 is 1.88 bits per heavy atom. The van der Waals surface area contributed by atoms with Crippen LogP contribution >= 0.6 is 11.6 Å². The van der Waals surface area contributed by atoms with Crippen LogP contribution in [0.15, 0.2) is 53.4 Å². The van der Waals surface area contributed by atoms with E-state index in [1.165, 1.54) is 12.1 Å². The Morgan fingerprint density at radius 1 is 1.12 bits per heavy atom. The number of rotatable bonds is 4. The van der Waals surface area contributed by atoms with Crippen molar-refractivity contribution in [1.29, 1.82) is 0 Å². The summed E-state index contributed by atoms with van der Waals surface area (Å²) >= 11 is 5.83. The highest BCUT2D eigenvalue weighted by molar-refractivity contribution is 7.90. The number of hydrogen-bond acceptors (Lipinski definition) is 4. The third-order valence-electron chi connectivity index (χ3n) is 3.56. The second-order valence-corrected chi connectivity index (χ2v) is 7.45. The van der Waals surface area contributed by atoms with Crippen LogP contribution < -0.4 is 5.32 Å². The zero-order valence-corrected chi connectivity index (χ0v) is 14.0. The zero-order chi connectivity index (χ0) is 17.3. The number of sulfonamides is 1. The second-order valence-electron chi connectivity index (χ2n) is 5.19. The van der Waals surface area contributed by atoms with Gasteiger partial charge in [0.15, 0.2) is 0 Å². The smallest absolute Gasteiger partial charge is 0.269 e. The molecule has 3 rings (SSSR count). The molecular formula is C16H13ClN2O4S. The van der Waals surface area contributed by atoms with Crippen molar-refractivity contribution in [3.63, 3.8) is 0 Å². The lowest BCUT2D eigenvalue weighted by atomic mass is 10.2. The summed E-state index contributed by atoms with van der Waals surface area (Å²) in [6, 6.07) is 12.6. The van der Waals surface area contributed by atoms with Gasteiger partial charge >= 0.3 is 0 Å². The fourth-order valence-electron chi connectivity index (χ4n) is 2.45. The van der Waals surface area contributed by atoms with E-state index >= 15 is 0 Å². The average molecular weight is 365 g/mol. The van der Waals surface area contributed by atoms with Gasteiger partial charge in [0, 0.05) is 23.7 Å². The van der Waals surface area contributed by atoms with Crippen molar-refractivity contribution >= 4 is 39.1 Å². The first kappa shape index (κ1) is 16.5. The number of anilines is 1. The fourth-order valence-corrected chi connectivity index (χ4v) is 4.20. The quantitative estimate of drug-likeness (QED) is 0.903. The molecule has 0 aliphatic carbocycles. The van der Waals surface area contributed by atoms with Crippen LogP contribution in [0.1, 0.15) is 16.8 Å². The molecular weight excluding hydrogens is 352 g/mol. The van der Waals surface area contributed by atoms with E-state index in [9.17, 15) is 18.0 Å². The van der Waals surface area contributed by atoms with Crippen molar-refractivity contribution in [1.82, 2.24) is 4.31 Å². The summed E-state index contributed by atoms with van der Waals surface area (Å²) in [7, 11) is -3.89. The minimum absolute atomic E-state index is 0.0229. The third-order valence-corrected chi connectivity index (χ3v) is 5.64. The maximum Gasteiger partial charge on any atom is 0.269 e. The van der Waals surface area contributed by atoms with Gasteiger partial charge in [0.25, 0.3) is 15.9 Å². The summed E-state index contributed by atoms with van der Waals surface area (Å²) in [6.45, 7) is -0.220. The molecule has 0 saturated carbocycles. The van der Waals surface area contributed by atoms with Crippen LogP contribution in [0.25, 0.3) is 0 Å². The highest BCUT2D eigenvalue weighted by Gasteiger charge is 2.40. The van der Waals surface area contributed by atoms with E-state index in [0.717, 1.165) is 4.31 Å². The highest BCUT2D eigenvalue weighted by atomic mass is 35.5. The molecule has 0 atom stereocenters. The van der Waals surface area contributed by atoms with E-state index in [2.05, 4.69) is 5.32 Å². The molecule has 1 aliphatic rings. The molecule has 24 heavy (non-hydrogen) atoms. The number of fused-ring (bicyclic) bond motifs is 1. The van der Waals surface area contributed by atoms with Gasteiger partial charge in [-0.3, -0.25) is 9.59 Å². The Balaban J connectivity index is 1.69. The van der Waals surface area contributed by atoms with Crippen LogP contribution in [-0.2, 0) is 14.8 Å². The average Bonchev–Trinajstić information content (AvgIpc) is 2.73. The van der Waals surface area contributed by atoms with Gasteiger partial charge < -0.3 is 5.32 Å². The van der Waals surface area contributed by atoms with Gasteiger partial charge in [-0.1, -0.05) is 29.8 Å². The predicted octanol–water partition coefficient (Wildman–Crippen LogP) is 2.51. The first-order valence-electron chi connectivity index (χ1n) is 7.11. The molecule has 124 valence electrons. The number of carbonyl (C=O) groups is 2. The summed E-state index contributed by atoms with van der Waals surface area (Å²) in [5.74, 6) is -1.02. The van der Waals surface area contributed by atoms with Crippen LogP contribution in [0.4, 0.5) is 5.69 Å². The maximum absolute atomic E-state index is 12.4. The monoisotopic (exact) mass is 364 g/mol. The van der Waals surface area contributed by atoms with Crippen molar-refractivity contribution in [2.24, 2.45) is 0 Å². The van der Waals surface area contributed by atoms with Crippen LogP contribution in [0.5, 0.6) is 0 Å². The molecule has 2 aromatic rings. The summed E-state index contributed by atoms with van der Waals surface area (Å²) in [5.41, 5.74) is 0.638. The summed E-state index contributed by atoms with van der Waals surface area (Å²) < 4.78 is 25.5. The molecule has 0 bridgehead atoms. The zero-order valence-electron chi connectivity index (χ0n) is 12.4. The Morgan fingerprint density at radius 3 is 2.58 bits per heavy atom. The number of nitrogens with one attached hydrogen (secondary N) is 1. The maximum atomic E-state index is 12.4. The molecule has 1 N–H and O–H groups in total. The predicted molar refractivity (Wildman–Crippen MR) is 89.4 cm³/mol. The lowest BCUT2D eigenvalue weighted by Gasteiger charge is -2.14. The van der Waals surface area contributed by atoms with E-state index in [1.54, 1.807) is 36.4 Å². The highest BCUT2D eigenvalue weighted by Crippen LogP contribution is 2.29. The molecule has 0 fully saturated rings. The van der Waals surface area contributed by atoms with Crippen molar-refractivity contribution in [2.75, 3.05) is 11.9 Å². The minimum atomic E-state index is -3.89. The molecule has 0 spiro atoms. The third kappa shape index (κ3) is 3.00. The van der Waals surface area contributed by atoms with Crippen molar-refractivity contribution < 1.29 is 18.0 Å². The van der Waals surface area contributed by atoms with Crippen LogP contribution in [0.2, 0.25) is 5.02 Å². The Bertz CT molecular complexity index is 927. The molecule has 0 radical (unpaired) electrons. The normalized spacial score (nSPS) is 15.2. The fraction of sp³-hybridized carbons (Fsp3) is 0.125. The van der Waals surface area contributed by atoms with Crippen molar-refractivity contribution in [3.8, 4) is 0 Å². The molecule has 1 aliphatic heterocycles. The summed E-state index contributed by atoms with van der Waals surface area (Å²) in [5, 5.41) is 3.09. The minimum Gasteiger partial charge on any atom is -0.326 e. The first-order valence-corrected chi connectivity index (χ1v) is 8.93. The van der Waals surface area contributed by atoms with Gasteiger partial charge in [-0.2, -0.15) is 0 Å².